The van der Waals surface area contributed by atoms with Crippen molar-refractivity contribution in [2.24, 2.45) is 5.92 Å². The van der Waals surface area contributed by atoms with Crippen molar-refractivity contribution in [3.05, 3.63) is 36.0 Å². The number of fused-ring (bicyclic) bond motifs is 1. The van der Waals surface area contributed by atoms with Crippen LogP contribution in [0.1, 0.15) is 19.4 Å². The van der Waals surface area contributed by atoms with Crippen LogP contribution in [-0.4, -0.2) is 19.1 Å². The molecule has 0 aliphatic heterocycles. The van der Waals surface area contributed by atoms with E-state index in [0.29, 0.717) is 5.92 Å². The van der Waals surface area contributed by atoms with Crippen LogP contribution in [0, 0.1) is 5.92 Å². The molecule has 1 aromatic carbocycles. The first-order chi connectivity index (χ1) is 8.08. The number of hydrogen-bond donors (Lipinski definition) is 0. The number of rotatable bonds is 3. The third kappa shape index (κ3) is 2.57. The summed E-state index contributed by atoms with van der Waals surface area (Å²) in [5.41, 5.74) is 3.72. The Labute approximate surface area is 103 Å². The standard InChI is InChI=1S/C15H20N2/c1-11(2)9-12-7-8-16-15-6-5-13(17(3)4)10-14(12)15/h5-8,10-11H,9H2,1-4H3. The minimum Gasteiger partial charge on any atom is -0.378 e. The van der Waals surface area contributed by atoms with Gasteiger partial charge in [-0.3, -0.25) is 4.98 Å². The van der Waals surface area contributed by atoms with Crippen molar-refractivity contribution in [2.75, 3.05) is 19.0 Å². The average molecular weight is 228 g/mol. The van der Waals surface area contributed by atoms with Gasteiger partial charge in [-0.15, -0.1) is 0 Å². The van der Waals surface area contributed by atoms with Crippen LogP contribution in [0.5, 0.6) is 0 Å². The molecule has 0 unspecified atom stereocenters. The van der Waals surface area contributed by atoms with E-state index < -0.39 is 0 Å². The van der Waals surface area contributed by atoms with E-state index in [2.05, 4.69) is 62.1 Å². The first-order valence-electron chi connectivity index (χ1n) is 6.13. The van der Waals surface area contributed by atoms with Crippen LogP contribution < -0.4 is 4.90 Å². The summed E-state index contributed by atoms with van der Waals surface area (Å²) in [4.78, 5) is 6.56. The quantitative estimate of drug-likeness (QED) is 0.799. The fourth-order valence-corrected chi connectivity index (χ4v) is 2.09. The Morgan fingerprint density at radius 2 is 1.94 bits per heavy atom. The third-order valence-corrected chi connectivity index (χ3v) is 2.96. The first kappa shape index (κ1) is 11.9. The first-order valence-corrected chi connectivity index (χ1v) is 6.13. The van der Waals surface area contributed by atoms with Crippen LogP contribution in [0.25, 0.3) is 10.9 Å². The summed E-state index contributed by atoms with van der Waals surface area (Å²) in [5.74, 6) is 0.670. The molecule has 2 nitrogen and oxygen atoms in total. The minimum absolute atomic E-state index is 0.670. The summed E-state index contributed by atoms with van der Waals surface area (Å²) in [6, 6.07) is 8.60. The Morgan fingerprint density at radius 1 is 1.18 bits per heavy atom. The Hall–Kier alpha value is -1.57. The van der Waals surface area contributed by atoms with Gasteiger partial charge < -0.3 is 4.90 Å². The lowest BCUT2D eigenvalue weighted by atomic mass is 9.99. The van der Waals surface area contributed by atoms with Crippen LogP contribution >= 0.6 is 0 Å². The fourth-order valence-electron chi connectivity index (χ4n) is 2.09. The largest absolute Gasteiger partial charge is 0.378 e. The van der Waals surface area contributed by atoms with Gasteiger partial charge in [0.2, 0.25) is 0 Å². The van der Waals surface area contributed by atoms with Gasteiger partial charge in [-0.2, -0.15) is 0 Å². The smallest absolute Gasteiger partial charge is 0.0706 e. The molecular weight excluding hydrogens is 208 g/mol. The van der Waals surface area contributed by atoms with E-state index in [9.17, 15) is 0 Å². The lowest BCUT2D eigenvalue weighted by Crippen LogP contribution is -2.08. The van der Waals surface area contributed by atoms with Crippen LogP contribution in [0.4, 0.5) is 5.69 Å². The van der Waals surface area contributed by atoms with Crippen molar-refractivity contribution < 1.29 is 0 Å². The maximum Gasteiger partial charge on any atom is 0.0706 e. The Balaban J connectivity index is 2.55. The highest BCUT2D eigenvalue weighted by Crippen LogP contribution is 2.24. The van der Waals surface area contributed by atoms with Crippen molar-refractivity contribution in [3.8, 4) is 0 Å². The SMILES string of the molecule is CC(C)Cc1ccnc2ccc(N(C)C)cc12. The van der Waals surface area contributed by atoms with E-state index in [0.717, 1.165) is 11.9 Å². The predicted octanol–water partition coefficient (Wildman–Crippen LogP) is 3.50. The molecule has 0 bridgehead atoms. The van der Waals surface area contributed by atoms with Gasteiger partial charge in [-0.1, -0.05) is 13.8 Å². The van der Waals surface area contributed by atoms with E-state index >= 15 is 0 Å². The molecule has 0 aliphatic rings. The normalized spacial score (nSPS) is 11.1. The van der Waals surface area contributed by atoms with Crippen molar-refractivity contribution >= 4 is 16.6 Å². The molecule has 0 aliphatic carbocycles. The van der Waals surface area contributed by atoms with Crippen molar-refractivity contribution in [1.82, 2.24) is 4.98 Å². The molecule has 2 heteroatoms. The maximum atomic E-state index is 4.43. The van der Waals surface area contributed by atoms with Crippen molar-refractivity contribution in [2.45, 2.75) is 20.3 Å². The van der Waals surface area contributed by atoms with Crippen LogP contribution in [0.2, 0.25) is 0 Å². The molecule has 0 atom stereocenters. The summed E-state index contributed by atoms with van der Waals surface area (Å²) in [6.07, 6.45) is 3.02. The second-order valence-corrected chi connectivity index (χ2v) is 5.16. The van der Waals surface area contributed by atoms with Gasteiger partial charge in [0.15, 0.2) is 0 Å². The molecule has 0 N–H and O–H groups in total. The summed E-state index contributed by atoms with van der Waals surface area (Å²) in [7, 11) is 4.14. The molecular formula is C15H20N2. The molecule has 0 amide bonds. The number of anilines is 1. The second kappa shape index (κ2) is 4.74. The Bertz CT molecular complexity index is 515. The van der Waals surface area contributed by atoms with E-state index in [1.807, 2.05) is 6.20 Å². The lowest BCUT2D eigenvalue weighted by molar-refractivity contribution is 0.650. The number of benzene rings is 1. The van der Waals surface area contributed by atoms with Crippen LogP contribution in [0.3, 0.4) is 0 Å². The number of nitrogens with zero attached hydrogens (tertiary/aromatic N) is 2. The summed E-state index contributed by atoms with van der Waals surface area (Å²) in [6.45, 7) is 4.50. The van der Waals surface area contributed by atoms with Gasteiger partial charge in [0.25, 0.3) is 0 Å². The Morgan fingerprint density at radius 3 is 2.59 bits per heavy atom. The zero-order valence-corrected chi connectivity index (χ0v) is 11.1. The van der Waals surface area contributed by atoms with E-state index in [1.165, 1.54) is 16.6 Å². The highest BCUT2D eigenvalue weighted by Gasteiger charge is 2.06. The molecule has 0 saturated heterocycles. The van der Waals surface area contributed by atoms with Gasteiger partial charge in [-0.25, -0.2) is 0 Å². The highest BCUT2D eigenvalue weighted by atomic mass is 15.1. The van der Waals surface area contributed by atoms with Crippen LogP contribution in [-0.2, 0) is 6.42 Å². The predicted molar refractivity (Wildman–Crippen MR) is 74.6 cm³/mol. The molecule has 17 heavy (non-hydrogen) atoms. The summed E-state index contributed by atoms with van der Waals surface area (Å²) < 4.78 is 0. The maximum absolute atomic E-state index is 4.43. The van der Waals surface area contributed by atoms with Crippen LogP contribution in [0.15, 0.2) is 30.5 Å². The molecule has 90 valence electrons. The molecule has 0 fully saturated rings. The van der Waals surface area contributed by atoms with E-state index in [1.54, 1.807) is 0 Å². The lowest BCUT2D eigenvalue weighted by Gasteiger charge is -2.15. The van der Waals surface area contributed by atoms with Crippen molar-refractivity contribution in [3.63, 3.8) is 0 Å². The highest BCUT2D eigenvalue weighted by molar-refractivity contribution is 5.85. The molecule has 2 rings (SSSR count). The average Bonchev–Trinajstić information content (AvgIpc) is 2.28. The van der Waals surface area contributed by atoms with Gasteiger partial charge >= 0.3 is 0 Å². The Kier molecular flexibility index (Phi) is 3.32. The van der Waals surface area contributed by atoms with Gasteiger partial charge in [0, 0.05) is 31.4 Å². The summed E-state index contributed by atoms with van der Waals surface area (Å²) in [5, 5.41) is 1.28. The number of hydrogen-bond acceptors (Lipinski definition) is 2. The molecule has 0 spiro atoms. The molecule has 2 aromatic rings. The van der Waals surface area contributed by atoms with Gasteiger partial charge in [-0.05, 0) is 42.2 Å². The van der Waals surface area contributed by atoms with Gasteiger partial charge in [0.1, 0.15) is 0 Å². The van der Waals surface area contributed by atoms with Gasteiger partial charge in [0.05, 0.1) is 5.52 Å². The molecule has 0 radical (unpaired) electrons. The molecule has 1 heterocycles. The number of aromatic nitrogens is 1. The summed E-state index contributed by atoms with van der Waals surface area (Å²) >= 11 is 0. The number of pyridine rings is 1. The fraction of sp³-hybridized carbons (Fsp3) is 0.400. The second-order valence-electron chi connectivity index (χ2n) is 5.16. The van der Waals surface area contributed by atoms with Crippen molar-refractivity contribution in [1.29, 1.82) is 0 Å². The topological polar surface area (TPSA) is 16.1 Å². The third-order valence-electron chi connectivity index (χ3n) is 2.96. The molecule has 1 aromatic heterocycles. The zero-order chi connectivity index (χ0) is 12.4. The molecule has 0 saturated carbocycles. The monoisotopic (exact) mass is 228 g/mol. The van der Waals surface area contributed by atoms with E-state index in [-0.39, 0.29) is 0 Å². The minimum atomic E-state index is 0.670. The van der Waals surface area contributed by atoms with E-state index in [4.69, 9.17) is 0 Å². The zero-order valence-electron chi connectivity index (χ0n) is 11.1.